The van der Waals surface area contributed by atoms with E-state index in [1.54, 1.807) is 0 Å². The molecule has 6 heteroatoms. The molecule has 0 spiro atoms. The van der Waals surface area contributed by atoms with Crippen LogP contribution in [0.5, 0.6) is 0 Å². The summed E-state index contributed by atoms with van der Waals surface area (Å²) in [6.07, 6.45) is 0. The zero-order chi connectivity index (χ0) is 13.8. The Morgan fingerprint density at radius 2 is 2.15 bits per heavy atom. The number of hydrogen-bond acceptors (Lipinski definition) is 6. The van der Waals surface area contributed by atoms with Crippen LogP contribution in [0.2, 0.25) is 0 Å². The van der Waals surface area contributed by atoms with Gasteiger partial charge in [-0.15, -0.1) is 0 Å². The molecule has 0 atom stereocenters. The summed E-state index contributed by atoms with van der Waals surface area (Å²) in [6.45, 7) is 3.97. The quantitative estimate of drug-likeness (QED) is 0.906. The molecule has 6 nitrogen and oxygen atoms in total. The summed E-state index contributed by atoms with van der Waals surface area (Å²) in [5, 5.41) is 7.02. The summed E-state index contributed by atoms with van der Waals surface area (Å²) in [5.41, 5.74) is 2.14. The number of anilines is 1. The zero-order valence-corrected chi connectivity index (χ0v) is 11.5. The Bertz CT molecular complexity index is 564. The Kier molecular flexibility index (Phi) is 3.94. The molecule has 0 amide bonds. The topological polar surface area (TPSA) is 63.4 Å². The summed E-state index contributed by atoms with van der Waals surface area (Å²) in [7, 11) is 1.85. The van der Waals surface area contributed by atoms with Crippen molar-refractivity contribution in [1.82, 2.24) is 15.5 Å². The maximum Gasteiger partial charge on any atom is 0.240 e. The van der Waals surface area contributed by atoms with Gasteiger partial charge in [0, 0.05) is 24.3 Å². The van der Waals surface area contributed by atoms with Crippen LogP contribution in [-0.4, -0.2) is 43.5 Å². The van der Waals surface area contributed by atoms with E-state index in [9.17, 15) is 0 Å². The molecule has 1 aliphatic rings. The largest absolute Gasteiger partial charge is 0.378 e. The Morgan fingerprint density at radius 3 is 2.95 bits per heavy atom. The maximum absolute atomic E-state index is 5.38. The summed E-state index contributed by atoms with van der Waals surface area (Å²) < 4.78 is 10.6. The first-order chi connectivity index (χ1) is 9.86. The molecule has 1 saturated heterocycles. The van der Waals surface area contributed by atoms with E-state index in [0.717, 1.165) is 31.9 Å². The average molecular weight is 274 g/mol. The minimum atomic E-state index is 0.580. The second-order valence-electron chi connectivity index (χ2n) is 4.69. The van der Waals surface area contributed by atoms with E-state index >= 15 is 0 Å². The first kappa shape index (κ1) is 13.1. The third-order valence-electron chi connectivity index (χ3n) is 3.28. The van der Waals surface area contributed by atoms with E-state index in [4.69, 9.17) is 9.26 Å². The summed E-state index contributed by atoms with van der Waals surface area (Å²) in [4.78, 5) is 6.68. The molecule has 0 aliphatic carbocycles. The van der Waals surface area contributed by atoms with Crippen molar-refractivity contribution in [2.24, 2.45) is 0 Å². The van der Waals surface area contributed by atoms with Crippen LogP contribution in [0.4, 0.5) is 5.69 Å². The summed E-state index contributed by atoms with van der Waals surface area (Å²) in [6, 6.07) is 8.22. The van der Waals surface area contributed by atoms with Crippen molar-refractivity contribution in [2.75, 3.05) is 38.3 Å². The lowest BCUT2D eigenvalue weighted by Gasteiger charge is -2.29. The molecular weight excluding hydrogens is 256 g/mol. The molecule has 20 heavy (non-hydrogen) atoms. The van der Waals surface area contributed by atoms with Crippen LogP contribution < -0.4 is 10.2 Å². The molecule has 1 aromatic heterocycles. The van der Waals surface area contributed by atoms with Crippen LogP contribution in [0.1, 0.15) is 5.89 Å². The van der Waals surface area contributed by atoms with Gasteiger partial charge in [-0.05, 0) is 19.2 Å². The third-order valence-corrected chi connectivity index (χ3v) is 3.28. The average Bonchev–Trinajstić information content (AvgIpc) is 2.97. The lowest BCUT2D eigenvalue weighted by atomic mass is 10.1. The van der Waals surface area contributed by atoms with E-state index < -0.39 is 0 Å². The lowest BCUT2D eigenvalue weighted by Crippen LogP contribution is -2.36. The highest BCUT2D eigenvalue weighted by atomic mass is 16.5. The first-order valence-electron chi connectivity index (χ1n) is 6.77. The SMILES string of the molecule is CNCc1nc(-c2cccc(N3CCOCC3)c2)no1. The number of hydrogen-bond donors (Lipinski definition) is 1. The van der Waals surface area contributed by atoms with Crippen molar-refractivity contribution < 1.29 is 9.26 Å². The molecule has 106 valence electrons. The normalized spacial score (nSPS) is 15.6. The number of benzene rings is 1. The smallest absolute Gasteiger partial charge is 0.240 e. The van der Waals surface area contributed by atoms with E-state index in [1.165, 1.54) is 5.69 Å². The monoisotopic (exact) mass is 274 g/mol. The molecule has 0 radical (unpaired) electrons. The molecule has 2 heterocycles. The number of morpholine rings is 1. The number of nitrogens with zero attached hydrogens (tertiary/aromatic N) is 3. The molecule has 0 saturated carbocycles. The van der Waals surface area contributed by atoms with Crippen molar-refractivity contribution in [3.8, 4) is 11.4 Å². The minimum absolute atomic E-state index is 0.580. The van der Waals surface area contributed by atoms with E-state index in [2.05, 4.69) is 32.5 Å². The Hall–Kier alpha value is -1.92. The predicted molar refractivity (Wildman–Crippen MR) is 75.5 cm³/mol. The maximum atomic E-state index is 5.38. The molecule has 1 N–H and O–H groups in total. The fourth-order valence-electron chi connectivity index (χ4n) is 2.26. The number of ether oxygens (including phenoxy) is 1. The molecule has 3 rings (SSSR count). The van der Waals surface area contributed by atoms with Crippen molar-refractivity contribution >= 4 is 5.69 Å². The van der Waals surface area contributed by atoms with Crippen LogP contribution in [0.3, 0.4) is 0 Å². The van der Waals surface area contributed by atoms with Gasteiger partial charge in [0.05, 0.1) is 19.8 Å². The van der Waals surface area contributed by atoms with Crippen LogP contribution in [0.25, 0.3) is 11.4 Å². The van der Waals surface area contributed by atoms with Gasteiger partial charge in [-0.1, -0.05) is 17.3 Å². The molecule has 2 aromatic rings. The van der Waals surface area contributed by atoms with E-state index in [1.807, 2.05) is 19.2 Å². The third kappa shape index (κ3) is 2.81. The summed E-state index contributed by atoms with van der Waals surface area (Å²) >= 11 is 0. The van der Waals surface area contributed by atoms with Gasteiger partial charge in [-0.3, -0.25) is 0 Å². The molecule has 1 fully saturated rings. The second-order valence-corrected chi connectivity index (χ2v) is 4.69. The van der Waals surface area contributed by atoms with E-state index in [-0.39, 0.29) is 0 Å². The van der Waals surface area contributed by atoms with Crippen molar-refractivity contribution in [3.63, 3.8) is 0 Å². The highest BCUT2D eigenvalue weighted by molar-refractivity contribution is 5.63. The van der Waals surface area contributed by atoms with Crippen LogP contribution >= 0.6 is 0 Å². The number of rotatable bonds is 4. The van der Waals surface area contributed by atoms with Gasteiger partial charge < -0.3 is 19.5 Å². The van der Waals surface area contributed by atoms with Gasteiger partial charge >= 0.3 is 0 Å². The first-order valence-corrected chi connectivity index (χ1v) is 6.77. The highest BCUT2D eigenvalue weighted by Gasteiger charge is 2.13. The van der Waals surface area contributed by atoms with Gasteiger partial charge in [0.15, 0.2) is 0 Å². The molecule has 0 bridgehead atoms. The summed E-state index contributed by atoms with van der Waals surface area (Å²) in [5.74, 6) is 1.23. The van der Waals surface area contributed by atoms with Gasteiger partial charge in [-0.2, -0.15) is 4.98 Å². The van der Waals surface area contributed by atoms with Crippen LogP contribution in [0.15, 0.2) is 28.8 Å². The fraction of sp³-hybridized carbons (Fsp3) is 0.429. The van der Waals surface area contributed by atoms with Crippen LogP contribution in [0, 0.1) is 0 Å². The van der Waals surface area contributed by atoms with Crippen molar-refractivity contribution in [3.05, 3.63) is 30.2 Å². The molecular formula is C14H18N4O2. The Labute approximate surface area is 117 Å². The standard InChI is InChI=1S/C14H18N4O2/c1-15-10-13-16-14(17-20-13)11-3-2-4-12(9-11)18-5-7-19-8-6-18/h2-4,9,15H,5-8,10H2,1H3. The Morgan fingerprint density at radius 1 is 1.30 bits per heavy atom. The highest BCUT2D eigenvalue weighted by Crippen LogP contribution is 2.23. The van der Waals surface area contributed by atoms with Crippen molar-refractivity contribution in [2.45, 2.75) is 6.54 Å². The number of nitrogens with one attached hydrogen (secondary N) is 1. The number of aromatic nitrogens is 2. The van der Waals surface area contributed by atoms with E-state index in [0.29, 0.717) is 18.3 Å². The van der Waals surface area contributed by atoms with Gasteiger partial charge in [-0.25, -0.2) is 0 Å². The van der Waals surface area contributed by atoms with Gasteiger partial charge in [0.2, 0.25) is 11.7 Å². The predicted octanol–water partition coefficient (Wildman–Crippen LogP) is 1.29. The van der Waals surface area contributed by atoms with Gasteiger partial charge in [0.1, 0.15) is 0 Å². The van der Waals surface area contributed by atoms with Gasteiger partial charge in [0.25, 0.3) is 0 Å². The zero-order valence-electron chi connectivity index (χ0n) is 11.5. The van der Waals surface area contributed by atoms with Crippen molar-refractivity contribution in [1.29, 1.82) is 0 Å². The molecule has 1 aliphatic heterocycles. The fourth-order valence-corrected chi connectivity index (χ4v) is 2.26. The molecule has 0 unspecified atom stereocenters. The Balaban J connectivity index is 1.82. The molecule has 1 aromatic carbocycles. The van der Waals surface area contributed by atoms with Crippen LogP contribution in [-0.2, 0) is 11.3 Å². The minimum Gasteiger partial charge on any atom is -0.378 e. The lowest BCUT2D eigenvalue weighted by molar-refractivity contribution is 0.122. The second kappa shape index (κ2) is 6.02.